The lowest BCUT2D eigenvalue weighted by Gasteiger charge is -2.31. The number of nitrogens with one attached hydrogen (secondary N) is 2. The maximum atomic E-state index is 3.70. The number of piperidine rings is 1. The molecule has 0 unspecified atom stereocenters. The van der Waals surface area contributed by atoms with Gasteiger partial charge < -0.3 is 10.6 Å². The lowest BCUT2D eigenvalue weighted by Crippen LogP contribution is -2.41. The predicted molar refractivity (Wildman–Crippen MR) is 83.5 cm³/mol. The van der Waals surface area contributed by atoms with E-state index >= 15 is 0 Å². The second-order valence-electron chi connectivity index (χ2n) is 5.51. The van der Waals surface area contributed by atoms with E-state index in [4.69, 9.17) is 0 Å². The number of benzene rings is 2. The van der Waals surface area contributed by atoms with E-state index in [9.17, 15) is 0 Å². The molecule has 1 aliphatic rings. The minimum atomic E-state index is 0.484. The Kier molecular flexibility index (Phi) is 4.46. The highest BCUT2D eigenvalue weighted by atomic mass is 15.0. The summed E-state index contributed by atoms with van der Waals surface area (Å²) in [5, 5.41) is 7.32. The van der Waals surface area contributed by atoms with Crippen molar-refractivity contribution in [1.29, 1.82) is 0 Å². The van der Waals surface area contributed by atoms with Gasteiger partial charge in [0.2, 0.25) is 0 Å². The maximum absolute atomic E-state index is 3.70. The molecule has 2 aromatic carbocycles. The van der Waals surface area contributed by atoms with Crippen molar-refractivity contribution in [2.75, 3.05) is 6.54 Å². The van der Waals surface area contributed by atoms with Crippen LogP contribution in [0.2, 0.25) is 0 Å². The molecule has 2 aromatic rings. The molecule has 104 valence electrons. The van der Waals surface area contributed by atoms with E-state index in [0.717, 1.165) is 19.5 Å². The molecule has 2 nitrogen and oxygen atoms in total. The van der Waals surface area contributed by atoms with Crippen molar-refractivity contribution in [3.63, 3.8) is 0 Å². The zero-order valence-corrected chi connectivity index (χ0v) is 11.8. The topological polar surface area (TPSA) is 24.1 Å². The molecule has 0 aliphatic carbocycles. The van der Waals surface area contributed by atoms with Gasteiger partial charge in [0.15, 0.2) is 0 Å². The average molecular weight is 266 g/mol. The van der Waals surface area contributed by atoms with Crippen molar-refractivity contribution < 1.29 is 0 Å². The summed E-state index contributed by atoms with van der Waals surface area (Å²) >= 11 is 0. The minimum Gasteiger partial charge on any atom is -0.310 e. The van der Waals surface area contributed by atoms with Crippen molar-refractivity contribution in [2.45, 2.75) is 31.5 Å². The maximum Gasteiger partial charge on any atom is 0.0335 e. The lowest BCUT2D eigenvalue weighted by atomic mass is 9.93. The molecular weight excluding hydrogens is 244 g/mol. The Morgan fingerprint density at radius 1 is 0.950 bits per heavy atom. The highest BCUT2D eigenvalue weighted by Gasteiger charge is 2.21. The van der Waals surface area contributed by atoms with Crippen molar-refractivity contribution in [3.05, 3.63) is 71.8 Å². The third-order valence-electron chi connectivity index (χ3n) is 4.04. The quantitative estimate of drug-likeness (QED) is 0.887. The van der Waals surface area contributed by atoms with Gasteiger partial charge >= 0.3 is 0 Å². The molecule has 0 spiro atoms. The Labute approximate surface area is 121 Å². The van der Waals surface area contributed by atoms with Crippen LogP contribution in [0.15, 0.2) is 60.7 Å². The van der Waals surface area contributed by atoms with Crippen LogP contribution in [0, 0.1) is 0 Å². The monoisotopic (exact) mass is 266 g/mol. The fourth-order valence-corrected chi connectivity index (χ4v) is 2.90. The van der Waals surface area contributed by atoms with Gasteiger partial charge in [-0.15, -0.1) is 0 Å². The third-order valence-corrected chi connectivity index (χ3v) is 4.04. The van der Waals surface area contributed by atoms with E-state index in [-0.39, 0.29) is 0 Å². The van der Waals surface area contributed by atoms with E-state index in [2.05, 4.69) is 71.3 Å². The Bertz CT molecular complexity index is 509. The summed E-state index contributed by atoms with van der Waals surface area (Å²) in [6.45, 7) is 2.05. The second-order valence-corrected chi connectivity index (χ2v) is 5.51. The summed E-state index contributed by atoms with van der Waals surface area (Å²) < 4.78 is 0. The van der Waals surface area contributed by atoms with Crippen LogP contribution in [-0.2, 0) is 6.54 Å². The molecule has 0 bridgehead atoms. The van der Waals surface area contributed by atoms with Crippen LogP contribution in [0.5, 0.6) is 0 Å². The summed E-state index contributed by atoms with van der Waals surface area (Å²) in [6.07, 6.45) is 2.37. The first-order valence-corrected chi connectivity index (χ1v) is 7.47. The SMILES string of the molecule is c1ccc(CN[C@H]2CCN[C@@H](c3ccccc3)C2)cc1. The number of hydrogen-bond acceptors (Lipinski definition) is 2. The van der Waals surface area contributed by atoms with Gasteiger partial charge in [0.25, 0.3) is 0 Å². The van der Waals surface area contributed by atoms with Crippen LogP contribution in [0.3, 0.4) is 0 Å². The minimum absolute atomic E-state index is 0.484. The predicted octanol–water partition coefficient (Wildman–Crippen LogP) is 3.27. The van der Waals surface area contributed by atoms with Crippen molar-refractivity contribution >= 4 is 0 Å². The zero-order valence-electron chi connectivity index (χ0n) is 11.8. The molecule has 2 atom stereocenters. The molecule has 1 saturated heterocycles. The standard InChI is InChI=1S/C18H22N2/c1-3-7-15(8-4-1)14-20-17-11-12-19-18(13-17)16-9-5-2-6-10-16/h1-10,17-20H,11-14H2/t17-,18+/m0/s1. The summed E-state index contributed by atoms with van der Waals surface area (Å²) in [4.78, 5) is 0. The summed E-state index contributed by atoms with van der Waals surface area (Å²) in [5.74, 6) is 0. The van der Waals surface area contributed by atoms with Gasteiger partial charge in [-0.2, -0.15) is 0 Å². The van der Waals surface area contributed by atoms with E-state index < -0.39 is 0 Å². The van der Waals surface area contributed by atoms with Crippen LogP contribution in [-0.4, -0.2) is 12.6 Å². The molecule has 0 radical (unpaired) electrons. The highest BCUT2D eigenvalue weighted by Crippen LogP contribution is 2.23. The Balaban J connectivity index is 1.56. The molecular formula is C18H22N2. The molecule has 2 N–H and O–H groups in total. The Morgan fingerprint density at radius 2 is 1.65 bits per heavy atom. The highest BCUT2D eigenvalue weighted by molar-refractivity contribution is 5.20. The summed E-state index contributed by atoms with van der Waals surface area (Å²) in [5.41, 5.74) is 2.76. The molecule has 0 aromatic heterocycles. The summed E-state index contributed by atoms with van der Waals surface area (Å²) in [7, 11) is 0. The molecule has 0 amide bonds. The Morgan fingerprint density at radius 3 is 2.40 bits per heavy atom. The Hall–Kier alpha value is -1.64. The number of rotatable bonds is 4. The normalized spacial score (nSPS) is 22.6. The van der Waals surface area contributed by atoms with Gasteiger partial charge in [-0.05, 0) is 30.5 Å². The van der Waals surface area contributed by atoms with E-state index in [1.54, 1.807) is 0 Å². The molecule has 1 fully saturated rings. The van der Waals surface area contributed by atoms with E-state index in [1.165, 1.54) is 17.5 Å². The first kappa shape index (κ1) is 13.3. The molecule has 2 heteroatoms. The van der Waals surface area contributed by atoms with Gasteiger partial charge in [-0.3, -0.25) is 0 Å². The van der Waals surface area contributed by atoms with E-state index in [1.807, 2.05) is 0 Å². The molecule has 3 rings (SSSR count). The van der Waals surface area contributed by atoms with Gasteiger partial charge in [-0.25, -0.2) is 0 Å². The fraction of sp³-hybridized carbons (Fsp3) is 0.333. The lowest BCUT2D eigenvalue weighted by molar-refractivity contribution is 0.322. The zero-order chi connectivity index (χ0) is 13.6. The summed E-state index contributed by atoms with van der Waals surface area (Å²) in [6, 6.07) is 22.5. The van der Waals surface area contributed by atoms with Gasteiger partial charge in [-0.1, -0.05) is 60.7 Å². The van der Waals surface area contributed by atoms with Crippen molar-refractivity contribution in [2.24, 2.45) is 0 Å². The van der Waals surface area contributed by atoms with Crippen LogP contribution in [0.4, 0.5) is 0 Å². The largest absolute Gasteiger partial charge is 0.310 e. The van der Waals surface area contributed by atoms with Crippen molar-refractivity contribution in [1.82, 2.24) is 10.6 Å². The van der Waals surface area contributed by atoms with Gasteiger partial charge in [0.1, 0.15) is 0 Å². The van der Waals surface area contributed by atoms with Crippen LogP contribution in [0.1, 0.15) is 30.0 Å². The molecule has 1 heterocycles. The second kappa shape index (κ2) is 6.69. The first-order chi connectivity index (χ1) is 9.92. The average Bonchev–Trinajstić information content (AvgIpc) is 2.55. The molecule has 0 saturated carbocycles. The van der Waals surface area contributed by atoms with Crippen molar-refractivity contribution in [3.8, 4) is 0 Å². The molecule has 1 aliphatic heterocycles. The first-order valence-electron chi connectivity index (χ1n) is 7.47. The van der Waals surface area contributed by atoms with Gasteiger partial charge in [0.05, 0.1) is 0 Å². The third kappa shape index (κ3) is 3.47. The number of hydrogen-bond donors (Lipinski definition) is 2. The van der Waals surface area contributed by atoms with E-state index in [0.29, 0.717) is 12.1 Å². The van der Waals surface area contributed by atoms with Crippen LogP contribution < -0.4 is 10.6 Å². The van der Waals surface area contributed by atoms with Crippen LogP contribution >= 0.6 is 0 Å². The smallest absolute Gasteiger partial charge is 0.0335 e. The molecule has 20 heavy (non-hydrogen) atoms. The fourth-order valence-electron chi connectivity index (χ4n) is 2.90. The van der Waals surface area contributed by atoms with Crippen LogP contribution in [0.25, 0.3) is 0 Å². The van der Waals surface area contributed by atoms with Gasteiger partial charge in [0, 0.05) is 18.6 Å².